The summed E-state index contributed by atoms with van der Waals surface area (Å²) >= 11 is 6.61. The lowest BCUT2D eigenvalue weighted by molar-refractivity contribution is 0.0896. The number of aryl methyl sites for hydroxylation is 1. The minimum Gasteiger partial charge on any atom is -0.481 e. The summed E-state index contributed by atoms with van der Waals surface area (Å²) in [5, 5.41) is 16.5. The average molecular weight is 608 g/mol. The van der Waals surface area contributed by atoms with Gasteiger partial charge in [0.15, 0.2) is 0 Å². The van der Waals surface area contributed by atoms with Crippen LogP contribution in [0.1, 0.15) is 54.4 Å². The van der Waals surface area contributed by atoms with Crippen LogP contribution in [0, 0.1) is 5.92 Å². The smallest absolute Gasteiger partial charge is 0.330 e. The first-order chi connectivity index (χ1) is 20.3. The number of aliphatic hydroxyl groups excluding tert-OH is 1. The molecule has 1 aromatic carbocycles. The van der Waals surface area contributed by atoms with Crippen LogP contribution in [0.25, 0.3) is 5.57 Å². The Hall–Kier alpha value is -3.99. The van der Waals surface area contributed by atoms with Crippen molar-refractivity contribution in [1.82, 2.24) is 24.8 Å². The Morgan fingerprint density at radius 2 is 1.91 bits per heavy atom. The second kappa shape index (κ2) is 12.7. The number of hydrogen-bond donors (Lipinski definition) is 3. The maximum absolute atomic E-state index is 13.9. The topological polar surface area (TPSA) is 127 Å². The van der Waals surface area contributed by atoms with Crippen molar-refractivity contribution in [3.05, 3.63) is 109 Å². The van der Waals surface area contributed by atoms with Crippen molar-refractivity contribution in [2.24, 2.45) is 20.0 Å². The molecule has 43 heavy (non-hydrogen) atoms. The molecule has 2 aromatic heterocycles. The van der Waals surface area contributed by atoms with Gasteiger partial charge in [-0.25, -0.2) is 9.78 Å². The molecule has 0 saturated carbocycles. The molecule has 1 aliphatic carbocycles. The van der Waals surface area contributed by atoms with Gasteiger partial charge in [-0.3, -0.25) is 14.2 Å². The van der Waals surface area contributed by atoms with Crippen LogP contribution in [0.3, 0.4) is 0 Å². The molecule has 2 heterocycles. The lowest BCUT2D eigenvalue weighted by Gasteiger charge is -2.40. The van der Waals surface area contributed by atoms with E-state index in [4.69, 9.17) is 21.3 Å². The van der Waals surface area contributed by atoms with Gasteiger partial charge in [-0.05, 0) is 43.5 Å². The fraction of sp³-hybridized carbons (Fsp3) is 0.375. The third-order valence-electron chi connectivity index (χ3n) is 8.03. The summed E-state index contributed by atoms with van der Waals surface area (Å²) < 4.78 is 7.80. The number of aromatic nitrogens is 3. The average Bonchev–Trinajstić information content (AvgIpc) is 2.98. The number of ether oxygens (including phenoxy) is 1. The number of carbonyl (C=O) groups is 1. The quantitative estimate of drug-likeness (QED) is 0.323. The number of amides is 1. The summed E-state index contributed by atoms with van der Waals surface area (Å²) in [6.07, 6.45) is 7.43. The van der Waals surface area contributed by atoms with Crippen molar-refractivity contribution < 1.29 is 14.6 Å². The SMILES string of the molecule is COc1nc(C2(NC(=O)c3cn(C)c(=O)n(C)c3=O)C=CC=C(c3ccccc3Cl)C2C)ccc1CNC(C)(C)CCO. The summed E-state index contributed by atoms with van der Waals surface area (Å²) in [5.41, 5.74) is -0.0289. The first-order valence-corrected chi connectivity index (χ1v) is 14.4. The maximum Gasteiger partial charge on any atom is 0.330 e. The molecular weight excluding hydrogens is 570 g/mol. The lowest BCUT2D eigenvalue weighted by atomic mass is 9.72. The predicted molar refractivity (Wildman–Crippen MR) is 167 cm³/mol. The summed E-state index contributed by atoms with van der Waals surface area (Å²) in [7, 11) is 4.35. The summed E-state index contributed by atoms with van der Waals surface area (Å²) in [5.74, 6) is -0.696. The third kappa shape index (κ3) is 6.36. The zero-order chi connectivity index (χ0) is 31.5. The summed E-state index contributed by atoms with van der Waals surface area (Å²) in [6, 6.07) is 11.2. The van der Waals surface area contributed by atoms with E-state index in [1.807, 2.05) is 69.3 Å². The van der Waals surface area contributed by atoms with E-state index in [0.717, 1.165) is 21.3 Å². The number of carbonyl (C=O) groups excluding carboxylic acids is 1. The zero-order valence-electron chi connectivity index (χ0n) is 25.3. The standard InChI is InChI=1S/C32H38ClN5O5/c1-20-22(23-10-7-8-12-25(23)33)11-9-15-32(20,36-27(40)24-19-37(4)30(42)38(5)29(24)41)26-14-13-21(28(35-26)43-6)18-34-31(2,3)16-17-39/h7-15,19-20,34,39H,16-18H2,1-6H3,(H,36,40). The number of benzene rings is 1. The van der Waals surface area contributed by atoms with Crippen molar-refractivity contribution in [2.45, 2.75) is 44.8 Å². The summed E-state index contributed by atoms with van der Waals surface area (Å²) in [6.45, 7) is 6.46. The van der Waals surface area contributed by atoms with Crippen LogP contribution in [0.5, 0.6) is 5.88 Å². The van der Waals surface area contributed by atoms with Gasteiger partial charge in [0.05, 0.1) is 12.8 Å². The van der Waals surface area contributed by atoms with E-state index in [1.165, 1.54) is 32.0 Å². The van der Waals surface area contributed by atoms with Gasteiger partial charge in [0.2, 0.25) is 5.88 Å². The van der Waals surface area contributed by atoms with Crippen LogP contribution in [-0.2, 0) is 26.2 Å². The van der Waals surface area contributed by atoms with Crippen LogP contribution in [0.2, 0.25) is 5.02 Å². The Kier molecular flexibility index (Phi) is 9.44. The van der Waals surface area contributed by atoms with E-state index in [1.54, 1.807) is 6.07 Å². The Morgan fingerprint density at radius 1 is 1.19 bits per heavy atom. The number of rotatable bonds is 10. The molecule has 1 aliphatic rings. The number of methoxy groups -OCH3 is 1. The molecule has 3 N–H and O–H groups in total. The molecule has 0 bridgehead atoms. The maximum atomic E-state index is 13.9. The van der Waals surface area contributed by atoms with E-state index >= 15 is 0 Å². The van der Waals surface area contributed by atoms with Gasteiger partial charge in [-0.1, -0.05) is 61.0 Å². The Balaban J connectivity index is 1.83. The molecule has 0 spiro atoms. The highest BCUT2D eigenvalue weighted by atomic mass is 35.5. The molecule has 228 valence electrons. The van der Waals surface area contributed by atoms with Crippen LogP contribution in [0.15, 0.2) is 70.4 Å². The zero-order valence-corrected chi connectivity index (χ0v) is 26.0. The van der Waals surface area contributed by atoms with Gasteiger partial charge in [-0.15, -0.1) is 0 Å². The van der Waals surface area contributed by atoms with Gasteiger partial charge in [0.1, 0.15) is 11.1 Å². The number of nitrogens with one attached hydrogen (secondary N) is 2. The van der Waals surface area contributed by atoms with Crippen molar-refractivity contribution in [3.63, 3.8) is 0 Å². The van der Waals surface area contributed by atoms with Gasteiger partial charge in [-0.2, -0.15) is 0 Å². The highest BCUT2D eigenvalue weighted by molar-refractivity contribution is 6.32. The highest BCUT2D eigenvalue weighted by Crippen LogP contribution is 2.44. The molecule has 10 nitrogen and oxygen atoms in total. The first-order valence-electron chi connectivity index (χ1n) is 14.0. The molecule has 2 atom stereocenters. The van der Waals surface area contributed by atoms with E-state index in [-0.39, 0.29) is 17.7 Å². The molecule has 0 aliphatic heterocycles. The minimum absolute atomic E-state index is 0.0563. The largest absolute Gasteiger partial charge is 0.481 e. The molecule has 0 radical (unpaired) electrons. The molecule has 0 fully saturated rings. The van der Waals surface area contributed by atoms with Gasteiger partial charge < -0.3 is 25.0 Å². The first kappa shape index (κ1) is 31.9. The van der Waals surface area contributed by atoms with E-state index in [9.17, 15) is 19.5 Å². The van der Waals surface area contributed by atoms with Crippen molar-refractivity contribution in [2.75, 3.05) is 13.7 Å². The fourth-order valence-electron chi connectivity index (χ4n) is 5.31. The van der Waals surface area contributed by atoms with Gasteiger partial charge in [0.25, 0.3) is 11.5 Å². The lowest BCUT2D eigenvalue weighted by Crippen LogP contribution is -2.52. The fourth-order valence-corrected chi connectivity index (χ4v) is 5.55. The van der Waals surface area contributed by atoms with Crippen molar-refractivity contribution >= 4 is 23.1 Å². The van der Waals surface area contributed by atoms with Crippen LogP contribution >= 0.6 is 11.6 Å². The molecule has 4 rings (SSSR count). The van der Waals surface area contributed by atoms with Crippen LogP contribution < -0.4 is 26.6 Å². The Labute approximate surface area is 255 Å². The number of hydrogen-bond acceptors (Lipinski definition) is 7. The number of allylic oxidation sites excluding steroid dienone is 2. The summed E-state index contributed by atoms with van der Waals surface area (Å²) in [4.78, 5) is 44.1. The Bertz CT molecular complexity index is 1710. The second-order valence-corrected chi connectivity index (χ2v) is 11.8. The van der Waals surface area contributed by atoms with Gasteiger partial charge in [0, 0.05) is 55.5 Å². The second-order valence-electron chi connectivity index (χ2n) is 11.4. The number of nitrogens with zero attached hydrogens (tertiary/aromatic N) is 3. The molecule has 1 amide bonds. The van der Waals surface area contributed by atoms with Crippen molar-refractivity contribution in [3.8, 4) is 5.88 Å². The molecular formula is C32H38ClN5O5. The van der Waals surface area contributed by atoms with Crippen LogP contribution in [-0.4, -0.2) is 44.4 Å². The van der Waals surface area contributed by atoms with E-state index in [2.05, 4.69) is 10.6 Å². The normalized spacial score (nSPS) is 18.3. The molecule has 11 heteroatoms. The molecule has 0 saturated heterocycles. The van der Waals surface area contributed by atoms with Crippen LogP contribution in [0.4, 0.5) is 0 Å². The minimum atomic E-state index is -1.23. The monoisotopic (exact) mass is 607 g/mol. The predicted octanol–water partition coefficient (Wildman–Crippen LogP) is 3.31. The Morgan fingerprint density at radius 3 is 2.58 bits per heavy atom. The number of aliphatic hydroxyl groups is 1. The van der Waals surface area contributed by atoms with E-state index in [0.29, 0.717) is 29.6 Å². The molecule has 3 aromatic rings. The van der Waals surface area contributed by atoms with Crippen molar-refractivity contribution in [1.29, 1.82) is 0 Å². The number of pyridine rings is 1. The highest BCUT2D eigenvalue weighted by Gasteiger charge is 2.43. The van der Waals surface area contributed by atoms with E-state index < -0.39 is 28.6 Å². The van der Waals surface area contributed by atoms with Gasteiger partial charge >= 0.3 is 5.69 Å². The number of halogens is 1. The molecule has 2 unspecified atom stereocenters. The third-order valence-corrected chi connectivity index (χ3v) is 8.36.